The molecule has 2 N–H and O–H groups in total. The fourth-order valence-electron chi connectivity index (χ4n) is 2.59. The number of hydrogen-bond donors (Lipinski definition) is 1. The normalized spacial score (nSPS) is 18.6. The maximum absolute atomic E-state index is 12.1. The van der Waals surface area contributed by atoms with Crippen LogP contribution in [0.15, 0.2) is 18.2 Å². The highest BCUT2D eigenvalue weighted by molar-refractivity contribution is 5.96. The van der Waals surface area contributed by atoms with E-state index in [1.807, 2.05) is 12.1 Å². The van der Waals surface area contributed by atoms with Gasteiger partial charge in [-0.15, -0.1) is 0 Å². The number of nitrogen functional groups attached to an aromatic ring is 1. The Balaban J connectivity index is 2.24. The number of benzene rings is 1. The van der Waals surface area contributed by atoms with Crippen molar-refractivity contribution in [3.63, 3.8) is 0 Å². The Kier molecular flexibility index (Phi) is 4.18. The third kappa shape index (κ3) is 2.88. The van der Waals surface area contributed by atoms with Crippen LogP contribution in [0.25, 0.3) is 0 Å². The largest absolute Gasteiger partial charge is 0.397 e. The van der Waals surface area contributed by atoms with E-state index >= 15 is 0 Å². The Labute approximate surface area is 120 Å². The van der Waals surface area contributed by atoms with Gasteiger partial charge in [0.1, 0.15) is 0 Å². The Hall–Kier alpha value is -1.75. The molecule has 1 saturated heterocycles. The van der Waals surface area contributed by atoms with Crippen molar-refractivity contribution in [3.8, 4) is 0 Å². The molecule has 0 saturated carbocycles. The molecule has 110 valence electrons. The fourth-order valence-corrected chi connectivity index (χ4v) is 2.59. The van der Waals surface area contributed by atoms with Crippen molar-refractivity contribution >= 4 is 17.3 Å². The highest BCUT2D eigenvalue weighted by Crippen LogP contribution is 2.29. The average molecular weight is 276 g/mol. The molecule has 5 nitrogen and oxygen atoms in total. The van der Waals surface area contributed by atoms with Crippen LogP contribution in [-0.4, -0.2) is 63.0 Å². The zero-order valence-corrected chi connectivity index (χ0v) is 12.8. The number of anilines is 2. The number of amides is 1. The van der Waals surface area contributed by atoms with E-state index in [0.29, 0.717) is 11.6 Å². The van der Waals surface area contributed by atoms with E-state index < -0.39 is 0 Å². The van der Waals surface area contributed by atoms with Crippen LogP contribution in [0.3, 0.4) is 0 Å². The number of carbonyl (C=O) groups excluding carboxylic acids is 1. The summed E-state index contributed by atoms with van der Waals surface area (Å²) in [5.74, 6) is 0.00889. The molecule has 0 aliphatic carbocycles. The molecule has 0 bridgehead atoms. The summed E-state index contributed by atoms with van der Waals surface area (Å²) in [5.41, 5.74) is 8.48. The molecule has 0 aromatic heterocycles. The minimum absolute atomic E-state index is 0.00889. The molecule has 20 heavy (non-hydrogen) atoms. The van der Waals surface area contributed by atoms with Gasteiger partial charge in [0.25, 0.3) is 5.91 Å². The van der Waals surface area contributed by atoms with Crippen LogP contribution in [0.1, 0.15) is 16.8 Å². The van der Waals surface area contributed by atoms with Gasteiger partial charge < -0.3 is 20.4 Å². The predicted octanol–water partition coefficient (Wildman–Crippen LogP) is 1.11. The van der Waals surface area contributed by atoms with Crippen LogP contribution >= 0.6 is 0 Å². The fraction of sp³-hybridized carbons (Fsp3) is 0.533. The zero-order valence-electron chi connectivity index (χ0n) is 12.8. The Bertz CT molecular complexity index is 499. The third-order valence-corrected chi connectivity index (χ3v) is 3.92. The first-order valence-corrected chi connectivity index (χ1v) is 6.92. The molecule has 0 radical (unpaired) electrons. The van der Waals surface area contributed by atoms with Crippen LogP contribution in [0, 0.1) is 0 Å². The van der Waals surface area contributed by atoms with Gasteiger partial charge in [0, 0.05) is 38.8 Å². The van der Waals surface area contributed by atoms with E-state index in [0.717, 1.165) is 30.9 Å². The summed E-state index contributed by atoms with van der Waals surface area (Å²) in [6, 6.07) is 6.08. The van der Waals surface area contributed by atoms with E-state index in [1.165, 1.54) is 0 Å². The quantitative estimate of drug-likeness (QED) is 0.840. The molecule has 2 rings (SSSR count). The topological polar surface area (TPSA) is 52.8 Å². The van der Waals surface area contributed by atoms with Crippen LogP contribution in [0.5, 0.6) is 0 Å². The first-order valence-electron chi connectivity index (χ1n) is 6.92. The van der Waals surface area contributed by atoms with Gasteiger partial charge in [-0.1, -0.05) is 0 Å². The van der Waals surface area contributed by atoms with E-state index in [-0.39, 0.29) is 5.91 Å². The summed E-state index contributed by atoms with van der Waals surface area (Å²) in [4.78, 5) is 18.2. The SMILES string of the molecule is CN(C)C(=O)c1ccc(N)c(N2CCC(N(C)C)C2)c1. The summed E-state index contributed by atoms with van der Waals surface area (Å²) >= 11 is 0. The molecule has 1 aliphatic rings. The lowest BCUT2D eigenvalue weighted by molar-refractivity contribution is 0.0827. The van der Waals surface area contributed by atoms with Crippen molar-refractivity contribution in [2.45, 2.75) is 12.5 Å². The van der Waals surface area contributed by atoms with Gasteiger partial charge in [-0.05, 0) is 38.7 Å². The first kappa shape index (κ1) is 14.7. The van der Waals surface area contributed by atoms with E-state index in [4.69, 9.17) is 5.73 Å². The highest BCUT2D eigenvalue weighted by atomic mass is 16.2. The number of nitrogens with zero attached hydrogens (tertiary/aromatic N) is 3. The molecule has 1 atom stereocenters. The highest BCUT2D eigenvalue weighted by Gasteiger charge is 2.25. The second-order valence-corrected chi connectivity index (χ2v) is 5.83. The standard InChI is InChI=1S/C15H24N4O/c1-17(2)12-7-8-19(10-12)14-9-11(5-6-13(14)16)15(20)18(3)4/h5-6,9,12H,7-8,10,16H2,1-4H3. The number of rotatable bonds is 3. The number of likely N-dealkylation sites (N-methyl/N-ethyl adjacent to an activating group) is 1. The number of carbonyl (C=O) groups is 1. The molecule has 1 fully saturated rings. The van der Waals surface area contributed by atoms with Gasteiger partial charge in [0.2, 0.25) is 0 Å². The molecule has 1 aromatic carbocycles. The zero-order chi connectivity index (χ0) is 14.9. The molecule has 1 unspecified atom stereocenters. The van der Waals surface area contributed by atoms with E-state index in [1.54, 1.807) is 25.1 Å². The second-order valence-electron chi connectivity index (χ2n) is 5.83. The van der Waals surface area contributed by atoms with Gasteiger partial charge in [0.15, 0.2) is 0 Å². The molecule has 1 aliphatic heterocycles. The van der Waals surface area contributed by atoms with Crippen LogP contribution in [0.2, 0.25) is 0 Å². The lowest BCUT2D eigenvalue weighted by Crippen LogP contribution is -2.31. The Morgan fingerprint density at radius 2 is 2.00 bits per heavy atom. The third-order valence-electron chi connectivity index (χ3n) is 3.92. The van der Waals surface area contributed by atoms with Crippen molar-refractivity contribution in [2.75, 3.05) is 51.9 Å². The molecule has 1 heterocycles. The average Bonchev–Trinajstić information content (AvgIpc) is 2.88. The number of nitrogens with two attached hydrogens (primary N) is 1. The summed E-state index contributed by atoms with van der Waals surface area (Å²) < 4.78 is 0. The van der Waals surface area contributed by atoms with Crippen molar-refractivity contribution in [2.24, 2.45) is 0 Å². The van der Waals surface area contributed by atoms with Crippen LogP contribution in [-0.2, 0) is 0 Å². The molecule has 1 amide bonds. The molecule has 1 aromatic rings. The minimum atomic E-state index is 0.00889. The molecule has 0 spiro atoms. The molecule has 5 heteroatoms. The van der Waals surface area contributed by atoms with Crippen molar-refractivity contribution < 1.29 is 4.79 Å². The summed E-state index contributed by atoms with van der Waals surface area (Å²) in [5, 5.41) is 0. The summed E-state index contributed by atoms with van der Waals surface area (Å²) in [6.45, 7) is 1.93. The lowest BCUT2D eigenvalue weighted by Gasteiger charge is -2.23. The van der Waals surface area contributed by atoms with Crippen LogP contribution < -0.4 is 10.6 Å². The molecular formula is C15H24N4O. The summed E-state index contributed by atoms with van der Waals surface area (Å²) in [7, 11) is 7.72. The molecular weight excluding hydrogens is 252 g/mol. The Morgan fingerprint density at radius 3 is 2.55 bits per heavy atom. The van der Waals surface area contributed by atoms with Crippen molar-refractivity contribution in [1.82, 2.24) is 9.80 Å². The number of hydrogen-bond acceptors (Lipinski definition) is 4. The van der Waals surface area contributed by atoms with E-state index in [2.05, 4.69) is 23.9 Å². The van der Waals surface area contributed by atoms with Crippen molar-refractivity contribution in [3.05, 3.63) is 23.8 Å². The van der Waals surface area contributed by atoms with Crippen molar-refractivity contribution in [1.29, 1.82) is 0 Å². The Morgan fingerprint density at radius 1 is 1.30 bits per heavy atom. The smallest absolute Gasteiger partial charge is 0.253 e. The van der Waals surface area contributed by atoms with Gasteiger partial charge in [0.05, 0.1) is 11.4 Å². The minimum Gasteiger partial charge on any atom is -0.397 e. The van der Waals surface area contributed by atoms with Gasteiger partial charge in [-0.2, -0.15) is 0 Å². The first-order chi connectivity index (χ1) is 9.40. The lowest BCUT2D eigenvalue weighted by atomic mass is 10.1. The van der Waals surface area contributed by atoms with Crippen LogP contribution in [0.4, 0.5) is 11.4 Å². The predicted molar refractivity (Wildman–Crippen MR) is 83.2 cm³/mol. The summed E-state index contributed by atoms with van der Waals surface area (Å²) in [6.07, 6.45) is 1.12. The van der Waals surface area contributed by atoms with Gasteiger partial charge >= 0.3 is 0 Å². The second kappa shape index (κ2) is 5.71. The monoisotopic (exact) mass is 276 g/mol. The van der Waals surface area contributed by atoms with Gasteiger partial charge in [-0.25, -0.2) is 0 Å². The maximum atomic E-state index is 12.1. The van der Waals surface area contributed by atoms with Gasteiger partial charge in [-0.3, -0.25) is 4.79 Å². The van der Waals surface area contributed by atoms with E-state index in [9.17, 15) is 4.79 Å². The maximum Gasteiger partial charge on any atom is 0.253 e.